The van der Waals surface area contributed by atoms with E-state index in [0.717, 1.165) is 0 Å². The van der Waals surface area contributed by atoms with Crippen LogP contribution in [-0.2, 0) is 4.79 Å². The van der Waals surface area contributed by atoms with E-state index in [4.69, 9.17) is 14.6 Å². The summed E-state index contributed by atoms with van der Waals surface area (Å²) in [5.74, 6) is 1.54. The first-order valence-corrected chi connectivity index (χ1v) is 12.9. The number of carbonyl (C=O) groups is 1. The lowest BCUT2D eigenvalue weighted by Gasteiger charge is -2.32. The minimum absolute atomic E-state index is 0.105. The molecule has 8 nitrogen and oxygen atoms in total. The Labute approximate surface area is 216 Å². The van der Waals surface area contributed by atoms with Crippen LogP contribution in [0.25, 0.3) is 11.3 Å². The number of H-pyrrole nitrogens is 1. The number of benzene rings is 2. The van der Waals surface area contributed by atoms with Crippen LogP contribution in [0, 0.1) is 0 Å². The summed E-state index contributed by atoms with van der Waals surface area (Å²) in [6, 6.07) is 11.1. The number of thioether (sulfide) groups is 1. The van der Waals surface area contributed by atoms with E-state index >= 15 is 0 Å². The maximum Gasteiger partial charge on any atom is 0.325 e. The maximum atomic E-state index is 13.4. The van der Waals surface area contributed by atoms with Crippen molar-refractivity contribution in [3.63, 3.8) is 0 Å². The van der Waals surface area contributed by atoms with Crippen LogP contribution in [0.3, 0.4) is 0 Å². The first kappa shape index (κ1) is 25.0. The minimum Gasteiger partial charge on any atom is -0.493 e. The molecule has 0 bridgehead atoms. The van der Waals surface area contributed by atoms with Crippen LogP contribution in [0.4, 0.5) is 5.69 Å². The van der Waals surface area contributed by atoms with Crippen molar-refractivity contribution in [1.82, 2.24) is 10.1 Å². The van der Waals surface area contributed by atoms with Crippen LogP contribution >= 0.6 is 27.7 Å². The molecule has 0 saturated carbocycles. The summed E-state index contributed by atoms with van der Waals surface area (Å²) in [6.45, 7) is 7.91. The summed E-state index contributed by atoms with van der Waals surface area (Å²) in [6.07, 6.45) is 1.29. The third kappa shape index (κ3) is 4.60. The lowest BCUT2D eigenvalue weighted by atomic mass is 10.0. The highest BCUT2D eigenvalue weighted by Gasteiger charge is 2.45. The van der Waals surface area contributed by atoms with Gasteiger partial charge in [0.15, 0.2) is 11.5 Å². The number of aromatic nitrogens is 3. The third-order valence-corrected chi connectivity index (χ3v) is 6.95. The zero-order valence-corrected chi connectivity index (χ0v) is 22.1. The second-order valence-electron chi connectivity index (χ2n) is 7.63. The molecule has 10 heteroatoms. The fraction of sp³-hybridized carbons (Fsp3) is 0.280. The number of anilines is 1. The van der Waals surface area contributed by atoms with Crippen molar-refractivity contribution in [2.75, 3.05) is 24.4 Å². The molecule has 1 atom stereocenters. The first-order chi connectivity index (χ1) is 16.9. The quantitative estimate of drug-likeness (QED) is 0.249. The second-order valence-corrected chi connectivity index (χ2v) is 9.49. The highest BCUT2D eigenvalue weighted by atomic mass is 79.9. The van der Waals surface area contributed by atoms with Crippen LogP contribution in [0.15, 0.2) is 63.5 Å². The summed E-state index contributed by atoms with van der Waals surface area (Å²) < 4.78 is 13.7. The number of nitrogens with zero attached hydrogens (tertiary/aromatic N) is 3. The van der Waals surface area contributed by atoms with Gasteiger partial charge in [-0.3, -0.25) is 14.6 Å². The van der Waals surface area contributed by atoms with Crippen LogP contribution < -0.4 is 24.6 Å². The molecule has 4 rings (SSSR count). The molecule has 0 aliphatic carbocycles. The molecule has 1 aliphatic heterocycles. The molecular weight excluding hydrogens is 532 g/mol. The number of hydrogen-bond acceptors (Lipinski definition) is 6. The number of methoxy groups -OCH3 is 1. The van der Waals surface area contributed by atoms with Gasteiger partial charge in [-0.2, -0.15) is 0 Å². The number of rotatable bonds is 8. The van der Waals surface area contributed by atoms with E-state index in [1.54, 1.807) is 22.8 Å². The van der Waals surface area contributed by atoms with E-state index < -0.39 is 6.17 Å². The van der Waals surface area contributed by atoms with Gasteiger partial charge in [-0.05, 0) is 51.8 Å². The van der Waals surface area contributed by atoms with Crippen molar-refractivity contribution in [2.45, 2.75) is 31.6 Å². The average Bonchev–Trinajstić information content (AvgIpc) is 2.87. The van der Waals surface area contributed by atoms with Gasteiger partial charge in [0, 0.05) is 17.3 Å². The molecule has 1 aromatic heterocycles. The lowest BCUT2D eigenvalue weighted by Crippen LogP contribution is -2.60. The normalized spacial score (nSPS) is 14.2. The number of para-hydroxylation sites is 1. The summed E-state index contributed by atoms with van der Waals surface area (Å²) in [5, 5.41) is 5.21. The number of hydrogen-bond donors (Lipinski definition) is 1. The Morgan fingerprint density at radius 1 is 1.34 bits per heavy atom. The molecule has 1 N–H and O–H groups in total. The molecule has 35 heavy (non-hydrogen) atoms. The molecule has 182 valence electrons. The van der Waals surface area contributed by atoms with Crippen molar-refractivity contribution < 1.29 is 19.0 Å². The molecular formula is C25H26BrN4O4S+. The molecule has 1 unspecified atom stereocenters. The molecule has 2 heterocycles. The van der Waals surface area contributed by atoms with Gasteiger partial charge in [0.1, 0.15) is 0 Å². The molecule has 0 fully saturated rings. The second kappa shape index (κ2) is 10.7. The van der Waals surface area contributed by atoms with E-state index in [1.807, 2.05) is 50.2 Å². The Morgan fingerprint density at radius 2 is 2.11 bits per heavy atom. The molecule has 1 aliphatic rings. The Balaban J connectivity index is 2.04. The van der Waals surface area contributed by atoms with Crippen molar-refractivity contribution in [1.29, 1.82) is 0 Å². The van der Waals surface area contributed by atoms with Gasteiger partial charge < -0.3 is 9.47 Å². The Morgan fingerprint density at radius 3 is 2.80 bits per heavy atom. The van der Waals surface area contributed by atoms with Crippen LogP contribution in [0.5, 0.6) is 11.5 Å². The maximum absolute atomic E-state index is 13.4. The standard InChI is InChI=1S/C25H25BrN4O4S/c1-5-12-35-25-27-23(32)21-16-10-8-9-11-18(16)29(20(31)6-2)24(30(21)28-25)15-13-17(26)22(34-7-3)19(14-15)33-4/h5,8-11,13-14,24H,1,6-7,12H2,2-4H3/p+1. The summed E-state index contributed by atoms with van der Waals surface area (Å²) in [4.78, 5) is 31.3. The number of ether oxygens (including phenoxy) is 2. The lowest BCUT2D eigenvalue weighted by molar-refractivity contribution is -0.763. The van der Waals surface area contributed by atoms with Gasteiger partial charge in [0.05, 0.1) is 35.0 Å². The largest absolute Gasteiger partial charge is 0.493 e. The van der Waals surface area contributed by atoms with Gasteiger partial charge in [-0.25, -0.2) is 4.90 Å². The number of carbonyl (C=O) groups excluding carboxylic acids is 1. The van der Waals surface area contributed by atoms with Crippen molar-refractivity contribution >= 4 is 39.3 Å². The van der Waals surface area contributed by atoms with Gasteiger partial charge in [-0.1, -0.05) is 36.9 Å². The number of fused-ring (bicyclic) bond motifs is 3. The predicted octanol–water partition coefficient (Wildman–Crippen LogP) is 4.48. The van der Waals surface area contributed by atoms with Crippen LogP contribution in [0.2, 0.25) is 0 Å². The number of aromatic amines is 1. The van der Waals surface area contributed by atoms with E-state index in [9.17, 15) is 9.59 Å². The fourth-order valence-electron chi connectivity index (χ4n) is 4.09. The van der Waals surface area contributed by atoms with Crippen LogP contribution in [0.1, 0.15) is 32.0 Å². The van der Waals surface area contributed by atoms with E-state index in [0.29, 0.717) is 56.0 Å². The Bertz CT molecular complexity index is 1340. The molecule has 0 radical (unpaired) electrons. The Kier molecular flexibility index (Phi) is 7.61. The zero-order chi connectivity index (χ0) is 25.1. The van der Waals surface area contributed by atoms with Gasteiger partial charge in [0.25, 0.3) is 6.17 Å². The summed E-state index contributed by atoms with van der Waals surface area (Å²) >= 11 is 4.95. The summed E-state index contributed by atoms with van der Waals surface area (Å²) in [7, 11) is 1.56. The van der Waals surface area contributed by atoms with Crippen molar-refractivity contribution in [2.24, 2.45) is 0 Å². The SMILES string of the molecule is C=CCSc1n[n+]2c(c(=O)[nH]1)-c1ccccc1N(C(=O)CC)C2c1cc(Br)c(OCC)c(OC)c1. The van der Waals surface area contributed by atoms with Gasteiger partial charge >= 0.3 is 11.3 Å². The average molecular weight is 558 g/mol. The topological polar surface area (TPSA) is 88.4 Å². The van der Waals surface area contributed by atoms with Crippen molar-refractivity contribution in [3.8, 4) is 22.8 Å². The molecule has 1 amide bonds. The number of nitrogens with one attached hydrogen (secondary N) is 1. The highest BCUT2D eigenvalue weighted by molar-refractivity contribution is 9.10. The molecule has 0 saturated heterocycles. The van der Waals surface area contributed by atoms with Gasteiger partial charge in [0.2, 0.25) is 11.1 Å². The molecule has 2 aromatic carbocycles. The first-order valence-electron chi connectivity index (χ1n) is 11.2. The third-order valence-electron chi connectivity index (χ3n) is 5.51. The highest BCUT2D eigenvalue weighted by Crippen LogP contribution is 2.42. The number of halogens is 1. The smallest absolute Gasteiger partial charge is 0.325 e. The summed E-state index contributed by atoms with van der Waals surface area (Å²) in [5.41, 5.74) is 2.07. The number of amides is 1. The van der Waals surface area contributed by atoms with E-state index in [2.05, 4.69) is 27.5 Å². The van der Waals surface area contributed by atoms with Gasteiger partial charge in [-0.15, -0.1) is 6.58 Å². The van der Waals surface area contributed by atoms with Crippen molar-refractivity contribution in [3.05, 3.63) is 69.4 Å². The predicted molar refractivity (Wildman–Crippen MR) is 139 cm³/mol. The fourth-order valence-corrected chi connectivity index (χ4v) is 5.25. The molecule has 0 spiro atoms. The Hall–Kier alpha value is -3.11. The van der Waals surface area contributed by atoms with E-state index in [1.165, 1.54) is 11.8 Å². The molecule has 3 aromatic rings. The minimum atomic E-state index is -0.724. The monoisotopic (exact) mass is 557 g/mol. The zero-order valence-electron chi connectivity index (χ0n) is 19.7. The van der Waals surface area contributed by atoms with Crippen LogP contribution in [-0.4, -0.2) is 35.5 Å². The van der Waals surface area contributed by atoms with E-state index in [-0.39, 0.29) is 17.9 Å².